The van der Waals surface area contributed by atoms with Gasteiger partial charge in [-0.15, -0.1) is 0 Å². The summed E-state index contributed by atoms with van der Waals surface area (Å²) in [6, 6.07) is 6.11. The molecule has 0 unspecified atom stereocenters. The minimum Gasteiger partial charge on any atom is -0.502 e. The number of aliphatic carboxylic acids is 1. The lowest BCUT2D eigenvalue weighted by atomic mass is 10.1. The smallest absolute Gasteiger partial charge is 0.371 e. The summed E-state index contributed by atoms with van der Waals surface area (Å²) in [6.45, 7) is 0.00828. The molecule has 0 bridgehead atoms. The highest BCUT2D eigenvalue weighted by molar-refractivity contribution is 5.95. The predicted octanol–water partition coefficient (Wildman–Crippen LogP) is 0.942. The standard InChI is InChI=1S/C12H12FNO5/c13-9-4-2-1-3-8(9)5-6-19-14-11(16)7-10(15)12(17)18/h1-4,7,15H,5-6H2,(H,14,16)(H,17,18). The summed E-state index contributed by atoms with van der Waals surface area (Å²) in [7, 11) is 0. The van der Waals surface area contributed by atoms with Crippen molar-refractivity contribution in [1.82, 2.24) is 5.48 Å². The third-order valence-electron chi connectivity index (χ3n) is 2.09. The molecule has 0 aromatic heterocycles. The molecule has 0 atom stereocenters. The van der Waals surface area contributed by atoms with Gasteiger partial charge in [0.05, 0.1) is 12.7 Å². The van der Waals surface area contributed by atoms with Gasteiger partial charge in [-0.1, -0.05) is 18.2 Å². The van der Waals surface area contributed by atoms with Crippen LogP contribution in [0.5, 0.6) is 0 Å². The molecule has 0 radical (unpaired) electrons. The van der Waals surface area contributed by atoms with E-state index in [4.69, 9.17) is 15.1 Å². The molecule has 1 aromatic rings. The number of carbonyl (C=O) groups is 2. The molecule has 1 amide bonds. The molecule has 0 saturated carbocycles. The Hall–Kier alpha value is -2.41. The van der Waals surface area contributed by atoms with Gasteiger partial charge in [-0.2, -0.15) is 0 Å². The first-order valence-electron chi connectivity index (χ1n) is 5.30. The fraction of sp³-hybridized carbons (Fsp3) is 0.167. The monoisotopic (exact) mass is 269 g/mol. The van der Waals surface area contributed by atoms with Crippen molar-refractivity contribution in [1.29, 1.82) is 0 Å². The molecule has 19 heavy (non-hydrogen) atoms. The van der Waals surface area contributed by atoms with Crippen LogP contribution in [0.1, 0.15) is 5.56 Å². The first kappa shape index (κ1) is 14.7. The number of rotatable bonds is 6. The van der Waals surface area contributed by atoms with Crippen LogP contribution in [0.25, 0.3) is 0 Å². The molecule has 3 N–H and O–H groups in total. The quantitative estimate of drug-likeness (QED) is 0.309. The number of aliphatic hydroxyl groups is 1. The van der Waals surface area contributed by atoms with E-state index in [0.717, 1.165) is 0 Å². The third-order valence-corrected chi connectivity index (χ3v) is 2.09. The second kappa shape index (κ2) is 7.12. The van der Waals surface area contributed by atoms with Gasteiger partial charge in [0.15, 0.2) is 0 Å². The highest BCUT2D eigenvalue weighted by Gasteiger charge is 2.07. The van der Waals surface area contributed by atoms with Gasteiger partial charge in [0.1, 0.15) is 5.82 Å². The summed E-state index contributed by atoms with van der Waals surface area (Å²) in [5.74, 6) is -4.02. The van der Waals surface area contributed by atoms with Gasteiger partial charge in [-0.25, -0.2) is 14.7 Å². The Bertz CT molecular complexity index is 501. The van der Waals surface area contributed by atoms with E-state index in [2.05, 4.69) is 0 Å². The Morgan fingerprint density at radius 3 is 2.63 bits per heavy atom. The maximum absolute atomic E-state index is 13.2. The van der Waals surface area contributed by atoms with E-state index in [9.17, 15) is 14.0 Å². The number of halogens is 1. The van der Waals surface area contributed by atoms with E-state index in [-0.39, 0.29) is 18.8 Å². The van der Waals surface area contributed by atoms with Crippen molar-refractivity contribution in [2.75, 3.05) is 6.61 Å². The van der Waals surface area contributed by atoms with Crippen molar-refractivity contribution in [3.05, 3.63) is 47.5 Å². The predicted molar refractivity (Wildman–Crippen MR) is 62.5 cm³/mol. The summed E-state index contributed by atoms with van der Waals surface area (Å²) in [4.78, 5) is 26.0. The number of nitrogens with one attached hydrogen (secondary N) is 1. The minimum atomic E-state index is -1.62. The Morgan fingerprint density at radius 1 is 1.32 bits per heavy atom. The molecule has 0 spiro atoms. The van der Waals surface area contributed by atoms with E-state index in [1.165, 1.54) is 6.07 Å². The van der Waals surface area contributed by atoms with E-state index >= 15 is 0 Å². The normalized spacial score (nSPS) is 11.1. The topological polar surface area (TPSA) is 95.9 Å². The van der Waals surface area contributed by atoms with Crippen LogP contribution >= 0.6 is 0 Å². The molecule has 0 aliphatic rings. The lowest BCUT2D eigenvalue weighted by molar-refractivity contribution is -0.136. The zero-order chi connectivity index (χ0) is 14.3. The highest BCUT2D eigenvalue weighted by Crippen LogP contribution is 2.06. The van der Waals surface area contributed by atoms with Crippen molar-refractivity contribution in [2.45, 2.75) is 6.42 Å². The van der Waals surface area contributed by atoms with Crippen LogP contribution in [-0.4, -0.2) is 28.7 Å². The van der Waals surface area contributed by atoms with Crippen LogP contribution in [0.3, 0.4) is 0 Å². The zero-order valence-corrected chi connectivity index (χ0v) is 9.80. The number of carbonyl (C=O) groups excluding carboxylic acids is 1. The number of carboxylic acid groups (broad SMARTS) is 1. The summed E-state index contributed by atoms with van der Waals surface area (Å²) >= 11 is 0. The summed E-state index contributed by atoms with van der Waals surface area (Å²) in [5.41, 5.74) is 2.33. The van der Waals surface area contributed by atoms with Crippen molar-refractivity contribution < 1.29 is 29.0 Å². The van der Waals surface area contributed by atoms with E-state index in [1.807, 2.05) is 5.48 Å². The first-order valence-corrected chi connectivity index (χ1v) is 5.30. The van der Waals surface area contributed by atoms with Gasteiger partial charge in [-0.05, 0) is 11.6 Å². The molecule has 1 aromatic carbocycles. The fourth-order valence-corrected chi connectivity index (χ4v) is 1.20. The molecular formula is C12H12FNO5. The Kier molecular flexibility index (Phi) is 5.49. The van der Waals surface area contributed by atoms with Crippen molar-refractivity contribution >= 4 is 11.9 Å². The van der Waals surface area contributed by atoms with E-state index in [1.54, 1.807) is 18.2 Å². The van der Waals surface area contributed by atoms with Crippen molar-refractivity contribution in [2.24, 2.45) is 0 Å². The largest absolute Gasteiger partial charge is 0.502 e. The van der Waals surface area contributed by atoms with E-state index < -0.39 is 17.6 Å². The number of hydrogen-bond acceptors (Lipinski definition) is 4. The molecule has 0 heterocycles. The van der Waals surface area contributed by atoms with Gasteiger partial charge >= 0.3 is 5.97 Å². The Labute approximate surface area is 108 Å². The third kappa shape index (κ3) is 5.17. The van der Waals surface area contributed by atoms with Crippen LogP contribution < -0.4 is 5.48 Å². The Balaban J connectivity index is 2.32. The number of hydroxylamine groups is 1. The lowest BCUT2D eigenvalue weighted by Crippen LogP contribution is -2.24. The summed E-state index contributed by atoms with van der Waals surface area (Å²) < 4.78 is 13.2. The molecule has 102 valence electrons. The molecule has 6 nitrogen and oxygen atoms in total. The number of carboxylic acids is 1. The van der Waals surface area contributed by atoms with Crippen LogP contribution in [0.15, 0.2) is 36.1 Å². The van der Waals surface area contributed by atoms with Crippen molar-refractivity contribution in [3.8, 4) is 0 Å². The number of benzene rings is 1. The molecule has 0 saturated heterocycles. The summed E-state index contributed by atoms with van der Waals surface area (Å²) in [5, 5.41) is 17.1. The maximum Gasteiger partial charge on any atom is 0.371 e. The number of aliphatic hydroxyl groups excluding tert-OH is 1. The number of hydrogen-bond donors (Lipinski definition) is 3. The molecule has 0 aliphatic heterocycles. The SMILES string of the molecule is O=C(C=C(O)C(=O)O)NOCCc1ccccc1F. The second-order valence-corrected chi connectivity index (χ2v) is 3.49. The van der Waals surface area contributed by atoms with Gasteiger partial charge < -0.3 is 10.2 Å². The van der Waals surface area contributed by atoms with Crippen LogP contribution in [0, 0.1) is 5.82 Å². The fourth-order valence-electron chi connectivity index (χ4n) is 1.20. The molecule has 7 heteroatoms. The Morgan fingerprint density at radius 2 is 2.00 bits per heavy atom. The highest BCUT2D eigenvalue weighted by atomic mass is 19.1. The second-order valence-electron chi connectivity index (χ2n) is 3.49. The number of amides is 1. The lowest BCUT2D eigenvalue weighted by Gasteiger charge is -2.04. The molecule has 0 aliphatic carbocycles. The van der Waals surface area contributed by atoms with Gasteiger partial charge in [0.25, 0.3) is 5.91 Å². The molecule has 0 fully saturated rings. The van der Waals surface area contributed by atoms with Gasteiger partial charge in [-0.3, -0.25) is 9.63 Å². The van der Waals surface area contributed by atoms with Crippen molar-refractivity contribution in [3.63, 3.8) is 0 Å². The summed E-state index contributed by atoms with van der Waals surface area (Å²) in [6.07, 6.45) is 0.701. The van der Waals surface area contributed by atoms with Crippen LogP contribution in [0.2, 0.25) is 0 Å². The average molecular weight is 269 g/mol. The van der Waals surface area contributed by atoms with Gasteiger partial charge in [0, 0.05) is 6.42 Å². The van der Waals surface area contributed by atoms with Gasteiger partial charge in [0.2, 0.25) is 5.76 Å². The molecule has 1 rings (SSSR count). The zero-order valence-electron chi connectivity index (χ0n) is 9.80. The van der Waals surface area contributed by atoms with Crippen LogP contribution in [0.4, 0.5) is 4.39 Å². The maximum atomic E-state index is 13.2. The van der Waals surface area contributed by atoms with E-state index in [0.29, 0.717) is 11.6 Å². The van der Waals surface area contributed by atoms with Crippen LogP contribution in [-0.2, 0) is 20.8 Å². The average Bonchev–Trinajstić information content (AvgIpc) is 2.36. The first-order chi connectivity index (χ1) is 9.00. The molecular weight excluding hydrogens is 257 g/mol. The minimum absolute atomic E-state index is 0.00828.